The standard InChI is InChI=1S/C23H22N4O3S/c1-3-30-22(29)17-14(2)25-20-19(18(17)16-10-7-11-24-12-16)21(28)27-23(26-20)31-13-15-8-5-4-6-9-15/h4-12,18H,3,13H2,1-2H3,(H2,25,26,27,28)/t18-/m0/s1. The van der Waals surface area contributed by atoms with E-state index >= 15 is 0 Å². The van der Waals surface area contributed by atoms with E-state index in [2.05, 4.69) is 20.3 Å². The fraction of sp³-hybridized carbons (Fsp3) is 0.217. The van der Waals surface area contributed by atoms with Gasteiger partial charge in [0.05, 0.1) is 23.7 Å². The van der Waals surface area contributed by atoms with Crippen LogP contribution in [0.1, 0.15) is 36.5 Å². The zero-order chi connectivity index (χ0) is 21.8. The Morgan fingerprint density at radius 1 is 1.19 bits per heavy atom. The van der Waals surface area contributed by atoms with E-state index in [0.717, 1.165) is 11.1 Å². The molecule has 8 heteroatoms. The smallest absolute Gasteiger partial charge is 0.336 e. The first-order valence-corrected chi connectivity index (χ1v) is 10.9. The molecule has 4 rings (SSSR count). The average molecular weight is 435 g/mol. The first-order valence-electron chi connectivity index (χ1n) is 9.94. The summed E-state index contributed by atoms with van der Waals surface area (Å²) >= 11 is 1.45. The Kier molecular flexibility index (Phi) is 6.18. The molecule has 0 bridgehead atoms. The van der Waals surface area contributed by atoms with Gasteiger partial charge in [0.2, 0.25) is 0 Å². The van der Waals surface area contributed by atoms with Gasteiger partial charge in [0, 0.05) is 23.8 Å². The van der Waals surface area contributed by atoms with Crippen molar-refractivity contribution in [3.63, 3.8) is 0 Å². The first kappa shape index (κ1) is 20.9. The maximum Gasteiger partial charge on any atom is 0.336 e. The van der Waals surface area contributed by atoms with Crippen molar-refractivity contribution in [2.24, 2.45) is 0 Å². The second-order valence-electron chi connectivity index (χ2n) is 7.01. The van der Waals surface area contributed by atoms with Crippen molar-refractivity contribution in [3.05, 3.63) is 93.2 Å². The van der Waals surface area contributed by atoms with Gasteiger partial charge in [-0.3, -0.25) is 9.78 Å². The molecule has 2 N–H and O–H groups in total. The highest BCUT2D eigenvalue weighted by molar-refractivity contribution is 7.98. The molecule has 0 aliphatic carbocycles. The number of benzene rings is 1. The zero-order valence-corrected chi connectivity index (χ0v) is 18.0. The molecule has 7 nitrogen and oxygen atoms in total. The Morgan fingerprint density at radius 3 is 2.71 bits per heavy atom. The van der Waals surface area contributed by atoms with Crippen LogP contribution in [-0.4, -0.2) is 27.5 Å². The highest BCUT2D eigenvalue weighted by Gasteiger charge is 2.36. The van der Waals surface area contributed by atoms with Gasteiger partial charge in [-0.1, -0.05) is 48.2 Å². The molecule has 0 radical (unpaired) electrons. The number of ether oxygens (including phenoxy) is 1. The van der Waals surface area contributed by atoms with Crippen molar-refractivity contribution in [3.8, 4) is 0 Å². The number of carbonyl (C=O) groups is 1. The van der Waals surface area contributed by atoms with Crippen LogP contribution < -0.4 is 10.9 Å². The molecule has 1 aromatic carbocycles. The number of esters is 1. The van der Waals surface area contributed by atoms with E-state index in [-0.39, 0.29) is 12.2 Å². The maximum atomic E-state index is 13.2. The molecule has 0 fully saturated rings. The SMILES string of the molecule is CCOC(=O)C1=C(C)Nc2nc(SCc3ccccc3)[nH]c(=O)c2[C@H]1c1cccnc1. The van der Waals surface area contributed by atoms with Gasteiger partial charge in [0.25, 0.3) is 5.56 Å². The van der Waals surface area contributed by atoms with Crippen molar-refractivity contribution >= 4 is 23.5 Å². The van der Waals surface area contributed by atoms with Gasteiger partial charge in [-0.2, -0.15) is 0 Å². The minimum absolute atomic E-state index is 0.242. The Bertz CT molecular complexity index is 1180. The van der Waals surface area contributed by atoms with Crippen molar-refractivity contribution in [1.82, 2.24) is 15.0 Å². The second-order valence-corrected chi connectivity index (χ2v) is 7.98. The molecule has 1 aliphatic rings. The molecule has 0 spiro atoms. The number of carbonyl (C=O) groups excluding carboxylic acids is 1. The number of allylic oxidation sites excluding steroid dienone is 1. The molecular formula is C23H22N4O3S. The molecule has 3 heterocycles. The molecule has 31 heavy (non-hydrogen) atoms. The topological polar surface area (TPSA) is 97.0 Å². The molecule has 158 valence electrons. The second kappa shape index (κ2) is 9.18. The highest BCUT2D eigenvalue weighted by Crippen LogP contribution is 2.39. The summed E-state index contributed by atoms with van der Waals surface area (Å²) < 4.78 is 5.28. The number of rotatable bonds is 6. The maximum absolute atomic E-state index is 13.2. The van der Waals surface area contributed by atoms with E-state index in [1.165, 1.54) is 11.8 Å². The van der Waals surface area contributed by atoms with Crippen LogP contribution in [0.4, 0.5) is 5.82 Å². The Labute approximate surface area is 184 Å². The molecule has 0 saturated carbocycles. The number of aromatic amines is 1. The summed E-state index contributed by atoms with van der Waals surface area (Å²) in [7, 11) is 0. The molecule has 3 aromatic rings. The fourth-order valence-electron chi connectivity index (χ4n) is 3.58. The first-order chi connectivity index (χ1) is 15.1. The minimum atomic E-state index is -0.617. The summed E-state index contributed by atoms with van der Waals surface area (Å²) in [4.78, 5) is 37.6. The van der Waals surface area contributed by atoms with Crippen molar-refractivity contribution < 1.29 is 9.53 Å². The van der Waals surface area contributed by atoms with Crippen LogP contribution in [0.15, 0.2) is 76.1 Å². The van der Waals surface area contributed by atoms with Gasteiger partial charge in [0.15, 0.2) is 5.16 Å². The molecule has 2 aromatic heterocycles. The van der Waals surface area contributed by atoms with E-state index in [9.17, 15) is 9.59 Å². The number of pyridine rings is 1. The molecule has 0 saturated heterocycles. The van der Waals surface area contributed by atoms with Gasteiger partial charge in [-0.05, 0) is 31.0 Å². The minimum Gasteiger partial charge on any atom is -0.463 e. The number of nitrogens with zero attached hydrogens (tertiary/aromatic N) is 2. The van der Waals surface area contributed by atoms with Gasteiger partial charge in [-0.25, -0.2) is 9.78 Å². The fourth-order valence-corrected chi connectivity index (χ4v) is 4.40. The molecule has 0 unspecified atom stereocenters. The summed E-state index contributed by atoms with van der Waals surface area (Å²) in [5, 5.41) is 3.65. The number of nitrogens with one attached hydrogen (secondary N) is 2. The van der Waals surface area contributed by atoms with Gasteiger partial charge < -0.3 is 15.0 Å². The van der Waals surface area contributed by atoms with Crippen LogP contribution in [0.25, 0.3) is 0 Å². The third-order valence-electron chi connectivity index (χ3n) is 4.95. The van der Waals surface area contributed by atoms with Gasteiger partial charge in [-0.15, -0.1) is 0 Å². The lowest BCUT2D eigenvalue weighted by molar-refractivity contribution is -0.138. The van der Waals surface area contributed by atoms with Crippen LogP contribution in [0.5, 0.6) is 0 Å². The Balaban J connectivity index is 1.75. The molecule has 1 aliphatic heterocycles. The van der Waals surface area contributed by atoms with E-state index in [1.54, 1.807) is 32.3 Å². The summed E-state index contributed by atoms with van der Waals surface area (Å²) in [6.45, 7) is 3.78. The van der Waals surface area contributed by atoms with Crippen LogP contribution in [0.2, 0.25) is 0 Å². The van der Waals surface area contributed by atoms with Gasteiger partial charge in [0.1, 0.15) is 5.82 Å². The van der Waals surface area contributed by atoms with Crippen molar-refractivity contribution in [2.45, 2.75) is 30.7 Å². The normalized spacial score (nSPS) is 15.2. The number of aromatic nitrogens is 3. The van der Waals surface area contributed by atoms with E-state index in [1.807, 2.05) is 36.4 Å². The number of hydrogen-bond donors (Lipinski definition) is 2. The number of thioether (sulfide) groups is 1. The van der Waals surface area contributed by atoms with E-state index in [0.29, 0.717) is 33.6 Å². The lowest BCUT2D eigenvalue weighted by Gasteiger charge is -2.28. The van der Waals surface area contributed by atoms with E-state index in [4.69, 9.17) is 4.74 Å². The quantitative estimate of drug-likeness (QED) is 0.345. The summed E-state index contributed by atoms with van der Waals surface area (Å²) in [6, 6.07) is 13.6. The number of H-pyrrole nitrogens is 1. The van der Waals surface area contributed by atoms with Crippen LogP contribution in [0.3, 0.4) is 0 Å². The number of fused-ring (bicyclic) bond motifs is 1. The predicted molar refractivity (Wildman–Crippen MR) is 120 cm³/mol. The molecular weight excluding hydrogens is 412 g/mol. The van der Waals surface area contributed by atoms with Crippen LogP contribution >= 0.6 is 11.8 Å². The van der Waals surface area contributed by atoms with Crippen LogP contribution in [0, 0.1) is 0 Å². The summed E-state index contributed by atoms with van der Waals surface area (Å²) in [5.41, 5.74) is 2.94. The number of hydrogen-bond acceptors (Lipinski definition) is 7. The van der Waals surface area contributed by atoms with E-state index < -0.39 is 11.9 Å². The van der Waals surface area contributed by atoms with Gasteiger partial charge >= 0.3 is 5.97 Å². The largest absolute Gasteiger partial charge is 0.463 e. The van der Waals surface area contributed by atoms with Crippen molar-refractivity contribution in [1.29, 1.82) is 0 Å². The van der Waals surface area contributed by atoms with Crippen molar-refractivity contribution in [2.75, 3.05) is 11.9 Å². The summed E-state index contributed by atoms with van der Waals surface area (Å²) in [5.74, 6) is 0.0402. The Morgan fingerprint density at radius 2 is 2.00 bits per heavy atom. The monoisotopic (exact) mass is 434 g/mol. The zero-order valence-electron chi connectivity index (χ0n) is 17.2. The number of anilines is 1. The Hall–Kier alpha value is -3.39. The van der Waals surface area contributed by atoms with Crippen LogP contribution in [-0.2, 0) is 15.3 Å². The third kappa shape index (κ3) is 4.39. The third-order valence-corrected chi connectivity index (χ3v) is 5.90. The highest BCUT2D eigenvalue weighted by atomic mass is 32.2. The lowest BCUT2D eigenvalue weighted by Crippen LogP contribution is -2.31. The lowest BCUT2D eigenvalue weighted by atomic mass is 9.83. The molecule has 1 atom stereocenters. The molecule has 0 amide bonds. The predicted octanol–water partition coefficient (Wildman–Crippen LogP) is 3.85. The summed E-state index contributed by atoms with van der Waals surface area (Å²) in [6.07, 6.45) is 3.31. The average Bonchev–Trinajstić information content (AvgIpc) is 2.78.